The lowest BCUT2D eigenvalue weighted by Gasteiger charge is -2.20. The predicted octanol–water partition coefficient (Wildman–Crippen LogP) is 1.96. The van der Waals surface area contributed by atoms with Gasteiger partial charge in [0.25, 0.3) is 0 Å². The minimum Gasteiger partial charge on any atom is -0.357 e. The molecule has 0 aromatic rings. The van der Waals surface area contributed by atoms with Crippen LogP contribution in [0.15, 0.2) is 4.99 Å². The van der Waals surface area contributed by atoms with Crippen LogP contribution in [-0.2, 0) is 4.79 Å². The van der Waals surface area contributed by atoms with Crippen molar-refractivity contribution in [3.8, 4) is 0 Å². The summed E-state index contributed by atoms with van der Waals surface area (Å²) in [7, 11) is 0. The van der Waals surface area contributed by atoms with E-state index in [-0.39, 0.29) is 35.9 Å². The highest BCUT2D eigenvalue weighted by Crippen LogP contribution is 2.19. The van der Waals surface area contributed by atoms with Gasteiger partial charge in [0.2, 0.25) is 5.91 Å². The summed E-state index contributed by atoms with van der Waals surface area (Å²) in [4.78, 5) is 17.5. The van der Waals surface area contributed by atoms with E-state index in [1.54, 1.807) is 0 Å². The van der Waals surface area contributed by atoms with Gasteiger partial charge in [0.05, 0.1) is 13.1 Å². The first-order valence-corrected chi connectivity index (χ1v) is 8.63. The van der Waals surface area contributed by atoms with Crippen molar-refractivity contribution in [1.82, 2.24) is 20.9 Å². The number of guanidine groups is 1. The van der Waals surface area contributed by atoms with Crippen molar-refractivity contribution in [3.05, 3.63) is 0 Å². The minimum absolute atomic E-state index is 0. The average Bonchev–Trinajstić information content (AvgIpc) is 2.87. The summed E-state index contributed by atoms with van der Waals surface area (Å²) in [5.74, 6) is 0.519. The molecule has 10 heteroatoms. The maximum absolute atomic E-state index is 12.4. The van der Waals surface area contributed by atoms with Crippen LogP contribution < -0.4 is 16.0 Å². The molecule has 0 radical (unpaired) electrons. The van der Waals surface area contributed by atoms with Crippen LogP contribution >= 0.6 is 24.0 Å². The molecule has 3 N–H and O–H groups in total. The molecule has 0 aromatic heterocycles. The van der Waals surface area contributed by atoms with Gasteiger partial charge >= 0.3 is 6.18 Å². The number of hydrogen-bond acceptors (Lipinski definition) is 3. The number of halogens is 4. The van der Waals surface area contributed by atoms with Crippen LogP contribution in [0.2, 0.25) is 0 Å². The zero-order chi connectivity index (χ0) is 19.1. The number of amides is 1. The van der Waals surface area contributed by atoms with Crippen molar-refractivity contribution in [1.29, 1.82) is 0 Å². The van der Waals surface area contributed by atoms with Gasteiger partial charge in [-0.15, -0.1) is 24.0 Å². The molecule has 154 valence electrons. The number of hydrogen-bond donors (Lipinski definition) is 3. The summed E-state index contributed by atoms with van der Waals surface area (Å²) < 4.78 is 37.3. The standard InChI is InChI=1S/C16H30F3N5O.HI/c1-5-20-14(22-8-7-21-13(25)15(2,3)4)23-12-6-9-24(10-12)11-16(17,18)19;/h12H,5-11H2,1-4H3,(H,21,25)(H2,20,22,23);1H. The summed E-state index contributed by atoms with van der Waals surface area (Å²) >= 11 is 0. The fourth-order valence-corrected chi connectivity index (χ4v) is 2.46. The molecule has 1 saturated heterocycles. The molecular weight excluding hydrogens is 462 g/mol. The molecule has 6 nitrogen and oxygen atoms in total. The second-order valence-electron chi connectivity index (χ2n) is 7.25. The van der Waals surface area contributed by atoms with Crippen LogP contribution in [0.4, 0.5) is 13.2 Å². The molecule has 1 amide bonds. The van der Waals surface area contributed by atoms with Crippen LogP contribution in [0, 0.1) is 5.41 Å². The molecule has 26 heavy (non-hydrogen) atoms. The van der Waals surface area contributed by atoms with Crippen molar-refractivity contribution in [3.63, 3.8) is 0 Å². The van der Waals surface area contributed by atoms with E-state index in [4.69, 9.17) is 0 Å². The van der Waals surface area contributed by atoms with E-state index in [9.17, 15) is 18.0 Å². The van der Waals surface area contributed by atoms with Crippen LogP contribution in [-0.4, -0.2) is 68.3 Å². The maximum Gasteiger partial charge on any atom is 0.401 e. The van der Waals surface area contributed by atoms with Gasteiger partial charge in [-0.05, 0) is 13.3 Å². The molecule has 1 aliphatic heterocycles. The topological polar surface area (TPSA) is 68.8 Å². The molecule has 0 aromatic carbocycles. The highest BCUT2D eigenvalue weighted by atomic mass is 127. The highest BCUT2D eigenvalue weighted by molar-refractivity contribution is 14.0. The predicted molar refractivity (Wildman–Crippen MR) is 108 cm³/mol. The first-order chi connectivity index (χ1) is 11.5. The number of nitrogens with one attached hydrogen (secondary N) is 3. The molecule has 1 aliphatic rings. The van der Waals surface area contributed by atoms with Crippen LogP contribution in [0.3, 0.4) is 0 Å². The summed E-state index contributed by atoms with van der Waals surface area (Å²) in [6.07, 6.45) is -3.53. The highest BCUT2D eigenvalue weighted by Gasteiger charge is 2.34. The number of aliphatic imine (C=N–C) groups is 1. The van der Waals surface area contributed by atoms with E-state index in [0.29, 0.717) is 45.1 Å². The number of nitrogens with zero attached hydrogens (tertiary/aromatic N) is 2. The third-order valence-corrected chi connectivity index (χ3v) is 3.71. The Balaban J connectivity index is 0.00000625. The van der Waals surface area contributed by atoms with E-state index in [1.165, 1.54) is 4.90 Å². The molecular formula is C16H31F3IN5O. The second-order valence-corrected chi connectivity index (χ2v) is 7.25. The summed E-state index contributed by atoms with van der Waals surface area (Å²) in [6, 6.07) is -0.0654. The summed E-state index contributed by atoms with van der Waals surface area (Å²) in [5, 5.41) is 9.06. The van der Waals surface area contributed by atoms with Gasteiger partial charge in [0.1, 0.15) is 0 Å². The third-order valence-electron chi connectivity index (χ3n) is 3.71. The largest absolute Gasteiger partial charge is 0.401 e. The third kappa shape index (κ3) is 10.4. The van der Waals surface area contributed by atoms with E-state index < -0.39 is 18.1 Å². The van der Waals surface area contributed by atoms with Crippen molar-refractivity contribution in [2.75, 3.05) is 39.3 Å². The second kappa shape index (κ2) is 11.2. The summed E-state index contributed by atoms with van der Waals surface area (Å²) in [5.41, 5.74) is -0.446. The first-order valence-electron chi connectivity index (χ1n) is 8.63. The Morgan fingerprint density at radius 1 is 1.23 bits per heavy atom. The van der Waals surface area contributed by atoms with Crippen molar-refractivity contribution >= 4 is 35.8 Å². The number of likely N-dealkylation sites (tertiary alicyclic amines) is 1. The zero-order valence-corrected chi connectivity index (χ0v) is 18.2. The lowest BCUT2D eigenvalue weighted by atomic mass is 9.96. The Labute approximate surface area is 170 Å². The molecule has 1 atom stereocenters. The number of alkyl halides is 3. The number of carbonyl (C=O) groups excluding carboxylic acids is 1. The van der Waals surface area contributed by atoms with E-state index in [0.717, 1.165) is 0 Å². The van der Waals surface area contributed by atoms with Gasteiger partial charge in [0, 0.05) is 37.6 Å². The molecule has 0 aliphatic carbocycles. The monoisotopic (exact) mass is 493 g/mol. The van der Waals surface area contributed by atoms with Gasteiger partial charge in [-0.3, -0.25) is 14.7 Å². The Bertz CT molecular complexity index is 466. The van der Waals surface area contributed by atoms with E-state index in [1.807, 2.05) is 27.7 Å². The Morgan fingerprint density at radius 2 is 1.88 bits per heavy atom. The van der Waals surface area contributed by atoms with Gasteiger partial charge < -0.3 is 16.0 Å². The minimum atomic E-state index is -4.17. The normalized spacial score (nSPS) is 19.0. The zero-order valence-electron chi connectivity index (χ0n) is 15.9. The van der Waals surface area contributed by atoms with Gasteiger partial charge in [-0.25, -0.2) is 0 Å². The maximum atomic E-state index is 12.4. The lowest BCUT2D eigenvalue weighted by molar-refractivity contribution is -0.143. The van der Waals surface area contributed by atoms with E-state index >= 15 is 0 Å². The van der Waals surface area contributed by atoms with Gasteiger partial charge in [0.15, 0.2) is 5.96 Å². The van der Waals surface area contributed by atoms with Crippen LogP contribution in [0.25, 0.3) is 0 Å². The van der Waals surface area contributed by atoms with Gasteiger partial charge in [-0.1, -0.05) is 20.8 Å². The lowest BCUT2D eigenvalue weighted by Crippen LogP contribution is -2.45. The summed E-state index contributed by atoms with van der Waals surface area (Å²) in [6.45, 7) is 8.77. The van der Waals surface area contributed by atoms with Crippen molar-refractivity contribution in [2.45, 2.75) is 46.3 Å². The smallest absolute Gasteiger partial charge is 0.357 e. The molecule has 1 unspecified atom stereocenters. The van der Waals surface area contributed by atoms with Crippen molar-refractivity contribution < 1.29 is 18.0 Å². The van der Waals surface area contributed by atoms with E-state index in [2.05, 4.69) is 20.9 Å². The molecule has 1 fully saturated rings. The molecule has 0 spiro atoms. The fraction of sp³-hybridized carbons (Fsp3) is 0.875. The molecule has 0 saturated carbocycles. The Kier molecular flexibility index (Phi) is 10.8. The Hall–Kier alpha value is -0.780. The van der Waals surface area contributed by atoms with Crippen molar-refractivity contribution in [2.24, 2.45) is 10.4 Å². The quantitative estimate of drug-likeness (QED) is 0.229. The SMILES string of the molecule is CCNC(=NCCNC(=O)C(C)(C)C)NC1CCN(CC(F)(F)F)C1.I. The molecule has 0 bridgehead atoms. The Morgan fingerprint density at radius 3 is 2.42 bits per heavy atom. The number of carbonyl (C=O) groups is 1. The van der Waals surface area contributed by atoms with Crippen LogP contribution in [0.1, 0.15) is 34.1 Å². The molecule has 1 rings (SSSR count). The molecule has 1 heterocycles. The fourth-order valence-electron chi connectivity index (χ4n) is 2.46. The first kappa shape index (κ1) is 25.2. The van der Waals surface area contributed by atoms with Gasteiger partial charge in [-0.2, -0.15) is 13.2 Å². The van der Waals surface area contributed by atoms with Crippen LogP contribution in [0.5, 0.6) is 0 Å². The average molecular weight is 493 g/mol. The number of rotatable bonds is 6.